The van der Waals surface area contributed by atoms with Crippen molar-refractivity contribution >= 4 is 23.7 Å². The van der Waals surface area contributed by atoms with Gasteiger partial charge in [-0.3, -0.25) is 9.59 Å². The molecule has 0 spiro atoms. The lowest BCUT2D eigenvalue weighted by Crippen LogP contribution is -2.32. The number of aromatic hydroxyl groups is 1. The number of benzene rings is 2. The van der Waals surface area contributed by atoms with E-state index in [0.717, 1.165) is 5.56 Å². The number of phenols is 1. The summed E-state index contributed by atoms with van der Waals surface area (Å²) in [5.74, 6) is -1.59. The molecule has 0 atom stereocenters. The third-order valence-corrected chi connectivity index (χ3v) is 3.10. The average molecular weight is 327 g/mol. The SMILES string of the molecule is COc1cccc(/C=N\NC(=O)C(=O)Nc2cccc(C)c2)c1O. The molecular formula is C17H17N3O4. The van der Waals surface area contributed by atoms with Crippen molar-refractivity contribution < 1.29 is 19.4 Å². The maximum atomic E-state index is 11.8. The van der Waals surface area contributed by atoms with Gasteiger partial charge >= 0.3 is 11.8 Å². The minimum atomic E-state index is -0.921. The molecule has 124 valence electrons. The van der Waals surface area contributed by atoms with Gasteiger partial charge in [-0.1, -0.05) is 18.2 Å². The van der Waals surface area contributed by atoms with Crippen LogP contribution in [0.25, 0.3) is 0 Å². The van der Waals surface area contributed by atoms with Gasteiger partial charge in [-0.15, -0.1) is 0 Å². The number of hydrogen-bond acceptors (Lipinski definition) is 5. The van der Waals surface area contributed by atoms with Gasteiger partial charge in [0.25, 0.3) is 0 Å². The van der Waals surface area contributed by atoms with Crippen molar-refractivity contribution in [1.29, 1.82) is 0 Å². The van der Waals surface area contributed by atoms with E-state index in [9.17, 15) is 14.7 Å². The van der Waals surface area contributed by atoms with Crippen LogP contribution >= 0.6 is 0 Å². The summed E-state index contributed by atoms with van der Waals surface area (Å²) in [6.07, 6.45) is 1.22. The normalized spacial score (nSPS) is 10.4. The van der Waals surface area contributed by atoms with Crippen molar-refractivity contribution in [2.24, 2.45) is 5.10 Å². The monoisotopic (exact) mass is 327 g/mol. The van der Waals surface area contributed by atoms with E-state index in [1.807, 2.05) is 13.0 Å². The first-order chi connectivity index (χ1) is 11.5. The van der Waals surface area contributed by atoms with Crippen LogP contribution in [0.15, 0.2) is 47.6 Å². The number of anilines is 1. The Morgan fingerprint density at radius 1 is 1.17 bits per heavy atom. The minimum Gasteiger partial charge on any atom is -0.504 e. The van der Waals surface area contributed by atoms with Crippen LogP contribution in [-0.4, -0.2) is 30.2 Å². The molecule has 0 aliphatic rings. The Bertz CT molecular complexity index is 787. The highest BCUT2D eigenvalue weighted by atomic mass is 16.5. The first kappa shape index (κ1) is 17.0. The minimum absolute atomic E-state index is 0.109. The van der Waals surface area contributed by atoms with Crippen LogP contribution < -0.4 is 15.5 Å². The number of aryl methyl sites for hydroxylation is 1. The van der Waals surface area contributed by atoms with E-state index in [2.05, 4.69) is 15.8 Å². The second-order valence-corrected chi connectivity index (χ2v) is 4.92. The van der Waals surface area contributed by atoms with E-state index in [1.165, 1.54) is 13.3 Å². The molecule has 0 aliphatic carbocycles. The highest BCUT2D eigenvalue weighted by Crippen LogP contribution is 2.27. The fraction of sp³-hybridized carbons (Fsp3) is 0.118. The molecule has 0 aliphatic heterocycles. The zero-order chi connectivity index (χ0) is 17.5. The molecule has 7 heteroatoms. The Labute approximate surface area is 139 Å². The number of carbonyl (C=O) groups is 2. The number of hydrogen-bond donors (Lipinski definition) is 3. The van der Waals surface area contributed by atoms with Crippen molar-refractivity contribution in [2.45, 2.75) is 6.92 Å². The van der Waals surface area contributed by atoms with Crippen LogP contribution in [0.3, 0.4) is 0 Å². The molecule has 0 aromatic heterocycles. The van der Waals surface area contributed by atoms with Crippen molar-refractivity contribution in [3.8, 4) is 11.5 Å². The third kappa shape index (κ3) is 4.33. The molecule has 0 fully saturated rings. The van der Waals surface area contributed by atoms with Gasteiger partial charge in [0.05, 0.1) is 13.3 Å². The fourth-order valence-electron chi connectivity index (χ4n) is 1.93. The van der Waals surface area contributed by atoms with Gasteiger partial charge in [0, 0.05) is 11.3 Å². The van der Waals surface area contributed by atoms with Gasteiger partial charge in [-0.25, -0.2) is 5.43 Å². The molecule has 24 heavy (non-hydrogen) atoms. The van der Waals surface area contributed by atoms with Gasteiger partial charge in [0.2, 0.25) is 0 Å². The number of carbonyl (C=O) groups excluding carboxylic acids is 2. The zero-order valence-electron chi connectivity index (χ0n) is 13.2. The first-order valence-electron chi connectivity index (χ1n) is 7.08. The predicted molar refractivity (Wildman–Crippen MR) is 90.2 cm³/mol. The number of phenolic OH excluding ortho intramolecular Hbond substituents is 1. The molecule has 2 aromatic carbocycles. The Morgan fingerprint density at radius 3 is 2.62 bits per heavy atom. The number of para-hydroxylation sites is 1. The number of rotatable bonds is 4. The summed E-state index contributed by atoms with van der Waals surface area (Å²) < 4.78 is 4.96. The summed E-state index contributed by atoms with van der Waals surface area (Å²) >= 11 is 0. The van der Waals surface area contributed by atoms with Gasteiger partial charge in [-0.2, -0.15) is 5.10 Å². The highest BCUT2D eigenvalue weighted by molar-refractivity contribution is 6.39. The molecule has 7 nitrogen and oxygen atoms in total. The van der Waals surface area contributed by atoms with E-state index in [0.29, 0.717) is 11.3 Å². The number of nitrogens with zero attached hydrogens (tertiary/aromatic N) is 1. The van der Waals surface area contributed by atoms with E-state index in [1.54, 1.807) is 36.4 Å². The summed E-state index contributed by atoms with van der Waals surface area (Å²) in [6, 6.07) is 11.9. The number of hydrazone groups is 1. The number of amides is 2. The van der Waals surface area contributed by atoms with Gasteiger partial charge in [-0.05, 0) is 36.8 Å². The van der Waals surface area contributed by atoms with Gasteiger partial charge in [0.1, 0.15) is 0 Å². The maximum absolute atomic E-state index is 11.8. The van der Waals surface area contributed by atoms with Crippen molar-refractivity contribution in [2.75, 3.05) is 12.4 Å². The molecule has 0 heterocycles. The van der Waals surface area contributed by atoms with Gasteiger partial charge in [0.15, 0.2) is 11.5 Å². The smallest absolute Gasteiger partial charge is 0.329 e. The molecular weight excluding hydrogens is 310 g/mol. The van der Waals surface area contributed by atoms with E-state index in [4.69, 9.17) is 4.74 Å². The highest BCUT2D eigenvalue weighted by Gasteiger charge is 2.13. The molecule has 0 bridgehead atoms. The summed E-state index contributed by atoms with van der Waals surface area (Å²) in [5, 5.41) is 16.0. The van der Waals surface area contributed by atoms with Crippen LogP contribution in [0, 0.1) is 6.92 Å². The first-order valence-corrected chi connectivity index (χ1v) is 7.08. The summed E-state index contributed by atoms with van der Waals surface area (Å²) in [4.78, 5) is 23.5. The largest absolute Gasteiger partial charge is 0.504 e. The molecule has 3 N–H and O–H groups in total. The van der Waals surface area contributed by atoms with Crippen LogP contribution in [0.5, 0.6) is 11.5 Å². The number of ether oxygens (including phenoxy) is 1. The van der Waals surface area contributed by atoms with Crippen LogP contribution in [0.1, 0.15) is 11.1 Å². The summed E-state index contributed by atoms with van der Waals surface area (Å²) in [5.41, 5.74) is 3.91. The van der Waals surface area contributed by atoms with Crippen molar-refractivity contribution in [3.05, 3.63) is 53.6 Å². The predicted octanol–water partition coefficient (Wildman–Crippen LogP) is 1.80. The average Bonchev–Trinajstić information content (AvgIpc) is 2.56. The van der Waals surface area contributed by atoms with Crippen molar-refractivity contribution in [1.82, 2.24) is 5.43 Å². The lowest BCUT2D eigenvalue weighted by molar-refractivity contribution is -0.136. The standard InChI is InChI=1S/C17H17N3O4/c1-11-5-3-7-13(9-11)19-16(22)17(23)20-18-10-12-6-4-8-14(24-2)15(12)21/h3-10,21H,1-2H3,(H,19,22)(H,20,23)/b18-10-. The lowest BCUT2D eigenvalue weighted by Gasteiger charge is -2.05. The lowest BCUT2D eigenvalue weighted by atomic mass is 10.2. The van der Waals surface area contributed by atoms with E-state index >= 15 is 0 Å². The number of nitrogens with one attached hydrogen (secondary N) is 2. The molecule has 0 radical (unpaired) electrons. The quantitative estimate of drug-likeness (QED) is 0.453. The molecule has 0 saturated carbocycles. The third-order valence-electron chi connectivity index (χ3n) is 3.10. The van der Waals surface area contributed by atoms with Crippen LogP contribution in [-0.2, 0) is 9.59 Å². The summed E-state index contributed by atoms with van der Waals surface area (Å²) in [6.45, 7) is 1.88. The molecule has 2 amide bonds. The molecule has 2 rings (SSSR count). The second kappa shape index (κ2) is 7.77. The molecule has 0 unspecified atom stereocenters. The Kier molecular flexibility index (Phi) is 5.51. The van der Waals surface area contributed by atoms with Crippen LogP contribution in [0.4, 0.5) is 5.69 Å². The van der Waals surface area contributed by atoms with Crippen LogP contribution in [0.2, 0.25) is 0 Å². The maximum Gasteiger partial charge on any atom is 0.329 e. The Balaban J connectivity index is 1.96. The topological polar surface area (TPSA) is 100 Å². The molecule has 2 aromatic rings. The number of methoxy groups -OCH3 is 1. The second-order valence-electron chi connectivity index (χ2n) is 4.92. The van der Waals surface area contributed by atoms with Crippen molar-refractivity contribution in [3.63, 3.8) is 0 Å². The summed E-state index contributed by atoms with van der Waals surface area (Å²) in [7, 11) is 1.42. The Morgan fingerprint density at radius 2 is 1.92 bits per heavy atom. The zero-order valence-corrected chi connectivity index (χ0v) is 13.2. The fourth-order valence-corrected chi connectivity index (χ4v) is 1.93. The Hall–Kier alpha value is -3.35. The van der Waals surface area contributed by atoms with Gasteiger partial charge < -0.3 is 15.2 Å². The van der Waals surface area contributed by atoms with E-state index < -0.39 is 11.8 Å². The van der Waals surface area contributed by atoms with E-state index in [-0.39, 0.29) is 11.5 Å². The molecule has 0 saturated heterocycles.